The largest absolute Gasteiger partial charge is 0.419 e. The minimum Gasteiger partial charge on any atom is -0.380 e. The first-order valence-corrected chi connectivity index (χ1v) is 6.45. The topological polar surface area (TPSA) is 12.0 Å². The SMILES string of the molecule is Fc1ccc(NCc2cc(Cl)cs2)cc1C(F)(F)F. The normalized spacial score (nSPS) is 11.6. The highest BCUT2D eigenvalue weighted by Crippen LogP contribution is 2.33. The summed E-state index contributed by atoms with van der Waals surface area (Å²) in [5, 5.41) is 5.11. The van der Waals surface area contributed by atoms with E-state index < -0.39 is 17.6 Å². The van der Waals surface area contributed by atoms with E-state index in [-0.39, 0.29) is 5.69 Å². The number of rotatable bonds is 3. The maximum absolute atomic E-state index is 13.1. The Hall–Kier alpha value is -1.27. The first-order chi connectivity index (χ1) is 8.86. The molecule has 1 aromatic heterocycles. The summed E-state index contributed by atoms with van der Waals surface area (Å²) in [5.74, 6) is -1.28. The molecular formula is C12H8ClF4NS. The van der Waals surface area contributed by atoms with Crippen LogP contribution in [0.5, 0.6) is 0 Å². The molecule has 7 heteroatoms. The third-order valence-electron chi connectivity index (χ3n) is 2.36. The third-order valence-corrected chi connectivity index (χ3v) is 3.64. The highest BCUT2D eigenvalue weighted by molar-refractivity contribution is 7.10. The fourth-order valence-corrected chi connectivity index (χ4v) is 2.50. The zero-order valence-corrected chi connectivity index (χ0v) is 11.0. The van der Waals surface area contributed by atoms with E-state index in [2.05, 4.69) is 5.32 Å². The standard InChI is InChI=1S/C12H8ClF4NS/c13-7-3-9(19-6-7)5-18-8-1-2-11(14)10(4-8)12(15,16)17/h1-4,6,18H,5H2. The van der Waals surface area contributed by atoms with Crippen LogP contribution in [0.15, 0.2) is 29.6 Å². The molecule has 0 unspecified atom stereocenters. The van der Waals surface area contributed by atoms with Crippen molar-refractivity contribution in [1.82, 2.24) is 0 Å². The molecule has 0 bridgehead atoms. The van der Waals surface area contributed by atoms with Crippen molar-refractivity contribution < 1.29 is 17.6 Å². The van der Waals surface area contributed by atoms with Crippen LogP contribution in [0.3, 0.4) is 0 Å². The quantitative estimate of drug-likeness (QED) is 0.771. The molecule has 0 atom stereocenters. The molecule has 0 amide bonds. The number of halogens is 5. The Balaban J connectivity index is 2.13. The van der Waals surface area contributed by atoms with Gasteiger partial charge in [0, 0.05) is 22.5 Å². The smallest absolute Gasteiger partial charge is 0.380 e. The molecule has 0 saturated heterocycles. The van der Waals surface area contributed by atoms with E-state index >= 15 is 0 Å². The van der Waals surface area contributed by atoms with Crippen LogP contribution in [0.4, 0.5) is 23.2 Å². The van der Waals surface area contributed by atoms with Crippen LogP contribution >= 0.6 is 22.9 Å². The number of benzene rings is 1. The van der Waals surface area contributed by atoms with Crippen molar-refractivity contribution in [2.75, 3.05) is 5.32 Å². The van der Waals surface area contributed by atoms with Gasteiger partial charge in [0.15, 0.2) is 0 Å². The fraction of sp³-hybridized carbons (Fsp3) is 0.167. The van der Waals surface area contributed by atoms with Gasteiger partial charge < -0.3 is 5.32 Å². The molecule has 0 radical (unpaired) electrons. The molecule has 0 aliphatic rings. The van der Waals surface area contributed by atoms with E-state index in [0.717, 1.165) is 17.0 Å². The third kappa shape index (κ3) is 3.61. The lowest BCUT2D eigenvalue weighted by molar-refractivity contribution is -0.139. The average Bonchev–Trinajstić information content (AvgIpc) is 2.72. The van der Waals surface area contributed by atoms with Crippen molar-refractivity contribution in [3.05, 3.63) is 50.9 Å². The summed E-state index contributed by atoms with van der Waals surface area (Å²) < 4.78 is 50.6. The summed E-state index contributed by atoms with van der Waals surface area (Å²) in [5.41, 5.74) is -1.07. The molecule has 2 rings (SSSR count). The minimum absolute atomic E-state index is 0.207. The zero-order chi connectivity index (χ0) is 14.0. The van der Waals surface area contributed by atoms with Gasteiger partial charge in [-0.15, -0.1) is 11.3 Å². The van der Waals surface area contributed by atoms with Crippen LogP contribution in [0.1, 0.15) is 10.4 Å². The molecular weight excluding hydrogens is 302 g/mol. The number of hydrogen-bond acceptors (Lipinski definition) is 2. The number of nitrogens with one attached hydrogen (secondary N) is 1. The van der Waals surface area contributed by atoms with Crippen molar-refractivity contribution in [2.45, 2.75) is 12.7 Å². The molecule has 1 heterocycles. The van der Waals surface area contributed by atoms with Crippen molar-refractivity contribution in [2.24, 2.45) is 0 Å². The number of alkyl halides is 3. The second kappa shape index (κ2) is 5.38. The molecule has 1 aromatic carbocycles. The highest BCUT2D eigenvalue weighted by Gasteiger charge is 2.34. The number of hydrogen-bond donors (Lipinski definition) is 1. The lowest BCUT2D eigenvalue weighted by Gasteiger charge is -2.11. The van der Waals surface area contributed by atoms with Crippen LogP contribution < -0.4 is 5.32 Å². The molecule has 0 saturated carbocycles. The Morgan fingerprint density at radius 2 is 1.95 bits per heavy atom. The highest BCUT2D eigenvalue weighted by atomic mass is 35.5. The van der Waals surface area contributed by atoms with Crippen molar-refractivity contribution in [3.63, 3.8) is 0 Å². The number of anilines is 1. The van der Waals surface area contributed by atoms with Crippen LogP contribution in [0.25, 0.3) is 0 Å². The van der Waals surface area contributed by atoms with Gasteiger partial charge in [0.05, 0.1) is 10.6 Å². The minimum atomic E-state index is -4.70. The van der Waals surface area contributed by atoms with E-state index in [1.165, 1.54) is 17.4 Å². The van der Waals surface area contributed by atoms with Crippen LogP contribution in [-0.4, -0.2) is 0 Å². The van der Waals surface area contributed by atoms with Gasteiger partial charge in [0.25, 0.3) is 0 Å². The first-order valence-electron chi connectivity index (χ1n) is 5.20. The monoisotopic (exact) mass is 309 g/mol. The second-order valence-electron chi connectivity index (χ2n) is 3.78. The van der Waals surface area contributed by atoms with E-state index in [9.17, 15) is 17.6 Å². The van der Waals surface area contributed by atoms with Gasteiger partial charge in [-0.2, -0.15) is 13.2 Å². The summed E-state index contributed by atoms with van der Waals surface area (Å²) in [6, 6.07) is 4.53. The Bertz CT molecular complexity index is 579. The zero-order valence-electron chi connectivity index (χ0n) is 9.39. The maximum Gasteiger partial charge on any atom is 0.419 e. The van der Waals surface area contributed by atoms with E-state index in [4.69, 9.17) is 11.6 Å². The summed E-state index contributed by atoms with van der Waals surface area (Å²) in [4.78, 5) is 0.878. The van der Waals surface area contributed by atoms with Crippen molar-refractivity contribution in [3.8, 4) is 0 Å². The van der Waals surface area contributed by atoms with Gasteiger partial charge in [-0.3, -0.25) is 0 Å². The summed E-state index contributed by atoms with van der Waals surface area (Å²) in [6.45, 7) is 0.334. The molecule has 0 aliphatic carbocycles. The Morgan fingerprint density at radius 1 is 1.21 bits per heavy atom. The van der Waals surface area contributed by atoms with Gasteiger partial charge in [-0.25, -0.2) is 4.39 Å². The molecule has 2 aromatic rings. The molecule has 0 fully saturated rings. The average molecular weight is 310 g/mol. The van der Waals surface area contributed by atoms with Crippen LogP contribution in [0, 0.1) is 5.82 Å². The van der Waals surface area contributed by atoms with Gasteiger partial charge in [0.1, 0.15) is 5.82 Å². The molecule has 0 aliphatic heterocycles. The van der Waals surface area contributed by atoms with Crippen molar-refractivity contribution in [1.29, 1.82) is 0 Å². The summed E-state index contributed by atoms with van der Waals surface area (Å²) in [6.07, 6.45) is -4.70. The molecule has 0 spiro atoms. The van der Waals surface area contributed by atoms with E-state index in [0.29, 0.717) is 11.6 Å². The van der Waals surface area contributed by atoms with E-state index in [1.54, 1.807) is 11.4 Å². The molecule has 19 heavy (non-hydrogen) atoms. The summed E-state index contributed by atoms with van der Waals surface area (Å²) in [7, 11) is 0. The van der Waals surface area contributed by atoms with Gasteiger partial charge in [-0.05, 0) is 24.3 Å². The van der Waals surface area contributed by atoms with Crippen LogP contribution in [0.2, 0.25) is 5.02 Å². The summed E-state index contributed by atoms with van der Waals surface area (Å²) >= 11 is 7.12. The van der Waals surface area contributed by atoms with Gasteiger partial charge in [0.2, 0.25) is 0 Å². The van der Waals surface area contributed by atoms with E-state index in [1.807, 2.05) is 0 Å². The molecule has 102 valence electrons. The Labute approximate surface area is 115 Å². The Kier molecular flexibility index (Phi) is 4.01. The van der Waals surface area contributed by atoms with Crippen molar-refractivity contribution >= 4 is 28.6 Å². The Morgan fingerprint density at radius 3 is 2.53 bits per heavy atom. The maximum atomic E-state index is 13.1. The van der Waals surface area contributed by atoms with Gasteiger partial charge >= 0.3 is 6.18 Å². The molecule has 1 N–H and O–H groups in total. The van der Waals surface area contributed by atoms with Gasteiger partial charge in [-0.1, -0.05) is 11.6 Å². The first kappa shape index (κ1) is 14.1. The fourth-order valence-electron chi connectivity index (χ4n) is 1.49. The molecule has 1 nitrogen and oxygen atoms in total. The predicted molar refractivity (Wildman–Crippen MR) is 68.1 cm³/mol. The predicted octanol–water partition coefficient (Wildman–Crippen LogP) is 5.17. The lowest BCUT2D eigenvalue weighted by atomic mass is 10.2. The second-order valence-corrected chi connectivity index (χ2v) is 5.21. The lowest BCUT2D eigenvalue weighted by Crippen LogP contribution is -2.09. The number of thiophene rings is 1. The van der Waals surface area contributed by atoms with Crippen LogP contribution in [-0.2, 0) is 12.7 Å².